The number of allylic oxidation sites excluding steroid dienone is 1. The maximum Gasteiger partial charge on any atom is 0.416 e. The van der Waals surface area contributed by atoms with Crippen molar-refractivity contribution in [3.8, 4) is 0 Å². The first-order valence-electron chi connectivity index (χ1n) is 11.6. The van der Waals surface area contributed by atoms with Crippen molar-refractivity contribution < 1.29 is 32.6 Å². The van der Waals surface area contributed by atoms with Crippen molar-refractivity contribution in [3.63, 3.8) is 0 Å². The minimum atomic E-state index is -4.39. The van der Waals surface area contributed by atoms with E-state index in [1.54, 1.807) is 0 Å². The van der Waals surface area contributed by atoms with Gasteiger partial charge in [-0.25, -0.2) is 0 Å². The number of carboxylic acids is 1. The van der Waals surface area contributed by atoms with Crippen molar-refractivity contribution in [1.29, 1.82) is 0 Å². The van der Waals surface area contributed by atoms with Gasteiger partial charge >= 0.3 is 12.1 Å². The highest BCUT2D eigenvalue weighted by Crippen LogP contribution is 2.42. The molecule has 0 radical (unpaired) electrons. The molecule has 1 aromatic rings. The summed E-state index contributed by atoms with van der Waals surface area (Å²) in [4.78, 5) is 11.2. The fourth-order valence-electron chi connectivity index (χ4n) is 4.64. The van der Waals surface area contributed by atoms with Crippen LogP contribution in [0.25, 0.3) is 0 Å². The highest BCUT2D eigenvalue weighted by molar-refractivity contribution is 6.48. The maximum absolute atomic E-state index is 13.1. The van der Waals surface area contributed by atoms with Crippen LogP contribution in [0.5, 0.6) is 0 Å². The third kappa shape index (κ3) is 8.26. The third-order valence-electron chi connectivity index (χ3n) is 6.24. The van der Waals surface area contributed by atoms with Gasteiger partial charge in [0.1, 0.15) is 0 Å². The molecule has 2 rings (SSSR count). The van der Waals surface area contributed by atoms with Gasteiger partial charge in [-0.1, -0.05) is 45.1 Å². The first-order chi connectivity index (χ1) is 15.1. The summed E-state index contributed by atoms with van der Waals surface area (Å²) in [6, 6.07) is 5.21. The lowest BCUT2D eigenvalue weighted by Gasteiger charge is -2.38. The molecule has 4 unspecified atom stereocenters. The normalized spacial score (nSPS) is 24.2. The standard InChI is InChI=1S/C25H37F3O4Si/c1-23(2,3)20(13-8-17-7-6-14-24(31,15-17)16-21(29)30)22(32-33(4)5)18-9-11-19(12-10-18)25(26,27)28/h8-13,17,20,22,31,33H,6-7,14-16H2,1-5H3,(H,29,30). The van der Waals surface area contributed by atoms with E-state index in [9.17, 15) is 23.1 Å². The minimum Gasteiger partial charge on any atom is -0.481 e. The number of carboxylic acid groups (broad SMARTS) is 1. The van der Waals surface area contributed by atoms with Gasteiger partial charge in [0.15, 0.2) is 9.04 Å². The maximum atomic E-state index is 13.1. The fourth-order valence-corrected chi connectivity index (χ4v) is 5.55. The monoisotopic (exact) mass is 486 g/mol. The summed E-state index contributed by atoms with van der Waals surface area (Å²) in [5.41, 5.74) is -1.42. The molecule has 4 nitrogen and oxygen atoms in total. The quantitative estimate of drug-likeness (QED) is 0.331. The van der Waals surface area contributed by atoms with Crippen molar-refractivity contribution in [3.05, 3.63) is 47.5 Å². The number of hydrogen-bond acceptors (Lipinski definition) is 3. The van der Waals surface area contributed by atoms with Crippen LogP contribution in [0, 0.1) is 17.3 Å². The summed E-state index contributed by atoms with van der Waals surface area (Å²) in [6.07, 6.45) is 1.53. The van der Waals surface area contributed by atoms with Crippen LogP contribution in [-0.2, 0) is 15.4 Å². The third-order valence-corrected chi connectivity index (χ3v) is 7.08. The van der Waals surface area contributed by atoms with Crippen molar-refractivity contribution in [2.75, 3.05) is 0 Å². The molecule has 33 heavy (non-hydrogen) atoms. The highest BCUT2D eigenvalue weighted by atomic mass is 28.3. The average molecular weight is 487 g/mol. The molecule has 0 amide bonds. The Labute approximate surface area is 196 Å². The number of benzene rings is 1. The first kappa shape index (κ1) is 27.6. The Morgan fingerprint density at radius 3 is 2.33 bits per heavy atom. The number of aliphatic hydroxyl groups is 1. The Kier molecular flexibility index (Phi) is 8.98. The Balaban J connectivity index is 2.33. The molecule has 1 aromatic carbocycles. The largest absolute Gasteiger partial charge is 0.481 e. The molecule has 2 N–H and O–H groups in total. The second kappa shape index (κ2) is 10.7. The molecular formula is C25H37F3O4Si. The predicted molar refractivity (Wildman–Crippen MR) is 125 cm³/mol. The molecule has 8 heteroatoms. The summed E-state index contributed by atoms with van der Waals surface area (Å²) in [7, 11) is -1.53. The van der Waals surface area contributed by atoms with Crippen LogP contribution in [0.3, 0.4) is 0 Å². The van der Waals surface area contributed by atoms with Gasteiger partial charge < -0.3 is 14.6 Å². The summed E-state index contributed by atoms with van der Waals surface area (Å²) in [5, 5.41) is 19.8. The molecule has 1 fully saturated rings. The van der Waals surface area contributed by atoms with Crippen molar-refractivity contribution in [2.24, 2.45) is 17.3 Å². The van der Waals surface area contributed by atoms with Crippen LogP contribution >= 0.6 is 0 Å². The number of halogens is 3. The first-order valence-corrected chi connectivity index (χ1v) is 14.3. The van der Waals surface area contributed by atoms with Gasteiger partial charge in [0.2, 0.25) is 0 Å². The van der Waals surface area contributed by atoms with E-state index in [2.05, 4.69) is 26.8 Å². The zero-order valence-corrected chi connectivity index (χ0v) is 21.3. The van der Waals surface area contributed by atoms with E-state index in [1.165, 1.54) is 12.1 Å². The molecule has 0 saturated heterocycles. The predicted octanol–water partition coefficient (Wildman–Crippen LogP) is 6.36. The highest BCUT2D eigenvalue weighted by Gasteiger charge is 2.37. The van der Waals surface area contributed by atoms with Gasteiger partial charge in [-0.15, -0.1) is 0 Å². The van der Waals surface area contributed by atoms with Crippen molar-refractivity contribution in [2.45, 2.75) is 83.9 Å². The number of rotatable bonds is 8. The Hall–Kier alpha value is -1.64. The summed E-state index contributed by atoms with van der Waals surface area (Å²) >= 11 is 0. The lowest BCUT2D eigenvalue weighted by molar-refractivity contribution is -0.144. The SMILES string of the molecule is C[SiH](C)OC(c1ccc(C(F)(F)F)cc1)C(C=CC1CCCC(O)(CC(=O)O)C1)C(C)(C)C. The van der Waals surface area contributed by atoms with E-state index < -0.39 is 38.5 Å². The Bertz CT molecular complexity index is 814. The summed E-state index contributed by atoms with van der Waals surface area (Å²) < 4.78 is 45.5. The van der Waals surface area contributed by atoms with E-state index in [0.717, 1.165) is 25.0 Å². The van der Waals surface area contributed by atoms with Crippen LogP contribution in [0.4, 0.5) is 13.2 Å². The second-order valence-corrected chi connectivity index (χ2v) is 13.0. The molecule has 1 aliphatic carbocycles. The van der Waals surface area contributed by atoms with E-state index >= 15 is 0 Å². The van der Waals surface area contributed by atoms with Crippen LogP contribution < -0.4 is 0 Å². The Morgan fingerprint density at radius 1 is 1.24 bits per heavy atom. The average Bonchev–Trinajstić information content (AvgIpc) is 2.64. The molecule has 4 atom stereocenters. The molecule has 1 aliphatic rings. The van der Waals surface area contributed by atoms with E-state index in [0.29, 0.717) is 18.4 Å². The zero-order valence-electron chi connectivity index (χ0n) is 20.2. The molecule has 0 aromatic heterocycles. The number of carbonyl (C=O) groups is 1. The van der Waals surface area contributed by atoms with E-state index in [-0.39, 0.29) is 23.7 Å². The van der Waals surface area contributed by atoms with Gasteiger partial charge in [-0.3, -0.25) is 4.79 Å². The number of aliphatic carboxylic acids is 1. The molecule has 0 heterocycles. The lowest BCUT2D eigenvalue weighted by atomic mass is 9.73. The Morgan fingerprint density at radius 2 is 1.85 bits per heavy atom. The molecule has 0 spiro atoms. The van der Waals surface area contributed by atoms with Gasteiger partial charge in [0.25, 0.3) is 0 Å². The van der Waals surface area contributed by atoms with Gasteiger partial charge in [-0.05, 0) is 67.8 Å². The molecular weight excluding hydrogens is 449 g/mol. The van der Waals surface area contributed by atoms with Crippen molar-refractivity contribution >= 4 is 15.0 Å². The van der Waals surface area contributed by atoms with Crippen LogP contribution in [-0.4, -0.2) is 30.8 Å². The van der Waals surface area contributed by atoms with Crippen LogP contribution in [0.2, 0.25) is 13.1 Å². The summed E-state index contributed by atoms with van der Waals surface area (Å²) in [6.45, 7) is 10.3. The molecule has 0 aliphatic heterocycles. The minimum absolute atomic E-state index is 0.0394. The topological polar surface area (TPSA) is 66.8 Å². The van der Waals surface area contributed by atoms with Crippen LogP contribution in [0.15, 0.2) is 36.4 Å². The van der Waals surface area contributed by atoms with Crippen molar-refractivity contribution in [1.82, 2.24) is 0 Å². The van der Waals surface area contributed by atoms with E-state index in [4.69, 9.17) is 9.53 Å². The van der Waals surface area contributed by atoms with Crippen LogP contribution in [0.1, 0.15) is 70.1 Å². The van der Waals surface area contributed by atoms with Gasteiger partial charge in [0.05, 0.1) is 23.7 Å². The molecule has 0 bridgehead atoms. The van der Waals surface area contributed by atoms with Gasteiger partial charge in [0, 0.05) is 5.92 Å². The molecule has 186 valence electrons. The molecule has 1 saturated carbocycles. The van der Waals surface area contributed by atoms with E-state index in [1.807, 2.05) is 19.2 Å². The second-order valence-electron chi connectivity index (χ2n) is 10.7. The van der Waals surface area contributed by atoms with Gasteiger partial charge in [-0.2, -0.15) is 13.2 Å². The fraction of sp³-hybridized carbons (Fsp3) is 0.640. The smallest absolute Gasteiger partial charge is 0.416 e. The lowest BCUT2D eigenvalue weighted by Crippen LogP contribution is -2.37. The zero-order chi connectivity index (χ0) is 25.0. The number of alkyl halides is 3. The number of hydrogen-bond donors (Lipinski definition) is 2. The summed E-state index contributed by atoms with van der Waals surface area (Å²) in [5.74, 6) is -1.08.